The molecule has 1 aliphatic rings. The minimum absolute atomic E-state index is 0.135. The molecule has 2 aromatic rings. The molecule has 1 aromatic heterocycles. The average Bonchev–Trinajstić information content (AvgIpc) is 2.53. The van der Waals surface area contributed by atoms with E-state index in [1.54, 1.807) is 24.3 Å². The van der Waals surface area contributed by atoms with Gasteiger partial charge in [0.1, 0.15) is 0 Å². The Bertz CT molecular complexity index is 746. The Labute approximate surface area is 89.9 Å². The number of pyridine rings is 1. The second-order valence-corrected chi connectivity index (χ2v) is 4.37. The quantitative estimate of drug-likeness (QED) is 0.650. The molecule has 0 fully saturated rings. The van der Waals surface area contributed by atoms with Gasteiger partial charge >= 0.3 is 10.4 Å². The molecule has 0 radical (unpaired) electrons. The largest absolute Gasteiger partial charge is 0.522 e. The number of hydrogen-bond donors (Lipinski definition) is 0. The molecule has 3 rings (SSSR count). The lowest BCUT2D eigenvalue weighted by Gasteiger charge is -1.98. The summed E-state index contributed by atoms with van der Waals surface area (Å²) in [6.07, 6.45) is 0. The van der Waals surface area contributed by atoms with Crippen LogP contribution in [0.4, 0.5) is 0 Å². The van der Waals surface area contributed by atoms with E-state index < -0.39 is 16.0 Å². The lowest BCUT2D eigenvalue weighted by molar-refractivity contribution is 0.289. The van der Waals surface area contributed by atoms with Crippen LogP contribution in [0.25, 0.3) is 10.8 Å². The summed E-state index contributed by atoms with van der Waals surface area (Å²) in [5.41, 5.74) is -0.561. The Morgan fingerprint density at radius 1 is 1.19 bits per heavy atom. The lowest BCUT2D eigenvalue weighted by Crippen LogP contribution is -2.24. The van der Waals surface area contributed by atoms with Gasteiger partial charge in [0.05, 0.1) is 5.39 Å². The Balaban J connectivity index is 2.45. The number of nitrogens with zero attached hydrogens (tertiary/aromatic N) is 1. The Hall–Kier alpha value is -2.02. The molecule has 82 valence electrons. The van der Waals surface area contributed by atoms with Crippen molar-refractivity contribution in [1.82, 2.24) is 4.73 Å². The van der Waals surface area contributed by atoms with Gasteiger partial charge in [-0.3, -0.25) is 9.08 Å². The monoisotopic (exact) mass is 239 g/mol. The SMILES string of the molecule is O=c1c2ccccc2cc2n1OS(=O)(=O)O2. The summed E-state index contributed by atoms with van der Waals surface area (Å²) < 4.78 is 31.5. The number of fused-ring (bicyclic) bond motifs is 2. The van der Waals surface area contributed by atoms with Gasteiger partial charge in [-0.25, -0.2) is 0 Å². The predicted molar refractivity (Wildman–Crippen MR) is 54.3 cm³/mol. The number of aromatic nitrogens is 1. The first-order valence-electron chi connectivity index (χ1n) is 4.36. The van der Waals surface area contributed by atoms with Gasteiger partial charge in [-0.1, -0.05) is 22.9 Å². The average molecular weight is 239 g/mol. The van der Waals surface area contributed by atoms with Crippen molar-refractivity contribution in [3.8, 4) is 5.88 Å². The molecule has 0 unspecified atom stereocenters. The molecular formula is C9H5NO5S. The van der Waals surface area contributed by atoms with Gasteiger partial charge in [0.2, 0.25) is 0 Å². The molecule has 2 heterocycles. The molecule has 16 heavy (non-hydrogen) atoms. The van der Waals surface area contributed by atoms with Crippen LogP contribution >= 0.6 is 0 Å². The van der Waals surface area contributed by atoms with Crippen molar-refractivity contribution in [2.24, 2.45) is 0 Å². The van der Waals surface area contributed by atoms with E-state index in [4.69, 9.17) is 0 Å². The van der Waals surface area contributed by atoms with Gasteiger partial charge in [-0.2, -0.15) is 0 Å². The first kappa shape index (κ1) is 9.22. The van der Waals surface area contributed by atoms with Crippen molar-refractivity contribution in [2.45, 2.75) is 0 Å². The molecule has 0 bridgehead atoms. The van der Waals surface area contributed by atoms with Crippen LogP contribution in [0.5, 0.6) is 5.88 Å². The zero-order chi connectivity index (χ0) is 11.3. The van der Waals surface area contributed by atoms with Gasteiger partial charge < -0.3 is 4.18 Å². The maximum atomic E-state index is 11.8. The number of hydrogen-bond acceptors (Lipinski definition) is 5. The second-order valence-electron chi connectivity index (χ2n) is 3.24. The van der Waals surface area contributed by atoms with Crippen LogP contribution in [0.2, 0.25) is 0 Å². The molecule has 0 saturated heterocycles. The highest BCUT2D eigenvalue weighted by Gasteiger charge is 2.30. The van der Waals surface area contributed by atoms with E-state index in [1.807, 2.05) is 0 Å². The van der Waals surface area contributed by atoms with Gasteiger partial charge in [0.25, 0.3) is 11.4 Å². The van der Waals surface area contributed by atoms with E-state index in [0.717, 1.165) is 0 Å². The highest BCUT2D eigenvalue weighted by atomic mass is 32.3. The Kier molecular flexibility index (Phi) is 1.59. The van der Waals surface area contributed by atoms with Crippen LogP contribution in [0.1, 0.15) is 0 Å². The number of rotatable bonds is 0. The second kappa shape index (κ2) is 2.76. The smallest absolute Gasteiger partial charge is 0.329 e. The Morgan fingerprint density at radius 3 is 2.75 bits per heavy atom. The summed E-state index contributed by atoms with van der Waals surface area (Å²) in [5.74, 6) is -0.135. The summed E-state index contributed by atoms with van der Waals surface area (Å²) in [4.78, 5) is 11.8. The number of benzene rings is 1. The topological polar surface area (TPSA) is 74.6 Å². The third-order valence-electron chi connectivity index (χ3n) is 2.21. The van der Waals surface area contributed by atoms with Crippen molar-refractivity contribution < 1.29 is 16.9 Å². The van der Waals surface area contributed by atoms with E-state index in [2.05, 4.69) is 8.47 Å². The van der Waals surface area contributed by atoms with E-state index in [0.29, 0.717) is 15.5 Å². The minimum Gasteiger partial charge on any atom is -0.329 e. The first-order valence-corrected chi connectivity index (χ1v) is 5.69. The molecule has 1 aromatic carbocycles. The van der Waals surface area contributed by atoms with Crippen molar-refractivity contribution >= 4 is 21.2 Å². The fourth-order valence-electron chi connectivity index (χ4n) is 1.56. The van der Waals surface area contributed by atoms with E-state index in [9.17, 15) is 13.2 Å². The summed E-state index contributed by atoms with van der Waals surface area (Å²) in [7, 11) is -4.14. The van der Waals surface area contributed by atoms with Crippen LogP contribution in [0.15, 0.2) is 35.1 Å². The predicted octanol–water partition coefficient (Wildman–Crippen LogP) is 0.0673. The van der Waals surface area contributed by atoms with Crippen LogP contribution in [0.3, 0.4) is 0 Å². The fraction of sp³-hybridized carbons (Fsp3) is 0. The lowest BCUT2D eigenvalue weighted by atomic mass is 10.2. The van der Waals surface area contributed by atoms with Crippen LogP contribution < -0.4 is 14.0 Å². The van der Waals surface area contributed by atoms with Crippen LogP contribution in [-0.2, 0) is 10.4 Å². The molecule has 0 saturated carbocycles. The molecule has 0 spiro atoms. The standard InChI is InChI=1S/C9H5NO5S/c11-9-7-4-2-1-3-6(7)5-8-10(9)15-16(12,13)14-8/h1-5H. The van der Waals surface area contributed by atoms with Gasteiger partial charge in [-0.15, -0.1) is 8.42 Å². The molecule has 7 heteroatoms. The normalized spacial score (nSPS) is 16.5. The molecular weight excluding hydrogens is 234 g/mol. The zero-order valence-electron chi connectivity index (χ0n) is 7.78. The van der Waals surface area contributed by atoms with Gasteiger partial charge in [0.15, 0.2) is 0 Å². The van der Waals surface area contributed by atoms with Crippen LogP contribution in [0, 0.1) is 0 Å². The van der Waals surface area contributed by atoms with E-state index in [-0.39, 0.29) is 5.88 Å². The molecule has 0 N–H and O–H groups in total. The van der Waals surface area contributed by atoms with Gasteiger partial charge in [-0.05, 0) is 11.5 Å². The highest BCUT2D eigenvalue weighted by Crippen LogP contribution is 2.22. The van der Waals surface area contributed by atoms with Crippen molar-refractivity contribution in [3.05, 3.63) is 40.7 Å². The summed E-state index contributed by atoms with van der Waals surface area (Å²) >= 11 is 0. The maximum Gasteiger partial charge on any atom is 0.522 e. The van der Waals surface area contributed by atoms with Crippen molar-refractivity contribution in [3.63, 3.8) is 0 Å². The minimum atomic E-state index is -4.14. The zero-order valence-corrected chi connectivity index (χ0v) is 8.60. The summed E-state index contributed by atoms with van der Waals surface area (Å²) in [6, 6.07) is 8.12. The first-order chi connectivity index (χ1) is 7.57. The van der Waals surface area contributed by atoms with E-state index in [1.165, 1.54) is 6.07 Å². The van der Waals surface area contributed by atoms with E-state index >= 15 is 0 Å². The molecule has 0 atom stereocenters. The maximum absolute atomic E-state index is 11.8. The van der Waals surface area contributed by atoms with Crippen LogP contribution in [-0.4, -0.2) is 13.1 Å². The Morgan fingerprint density at radius 2 is 1.94 bits per heavy atom. The highest BCUT2D eigenvalue weighted by molar-refractivity contribution is 7.82. The van der Waals surface area contributed by atoms with Crippen molar-refractivity contribution in [1.29, 1.82) is 0 Å². The summed E-state index contributed by atoms with van der Waals surface area (Å²) in [6.45, 7) is 0. The fourth-order valence-corrected chi connectivity index (χ4v) is 2.24. The molecule has 1 aliphatic heterocycles. The molecule has 6 nitrogen and oxygen atoms in total. The molecule has 0 amide bonds. The molecule has 0 aliphatic carbocycles. The third kappa shape index (κ3) is 1.18. The summed E-state index contributed by atoms with van der Waals surface area (Å²) in [5, 5.41) is 0.964. The third-order valence-corrected chi connectivity index (χ3v) is 2.91. The van der Waals surface area contributed by atoms with Crippen molar-refractivity contribution in [2.75, 3.05) is 0 Å². The van der Waals surface area contributed by atoms with Gasteiger partial charge in [0, 0.05) is 6.07 Å².